The molecular weight excluding hydrogens is 1650 g/mol. The van der Waals surface area contributed by atoms with Gasteiger partial charge >= 0.3 is 17.9 Å². The molecule has 3 aromatic heterocycles. The van der Waals surface area contributed by atoms with E-state index >= 15 is 0 Å². The Kier molecular flexibility index (Phi) is 25.7. The number of aryl methyl sites for hydroxylation is 3. The number of ketones is 3. The molecule has 17 nitrogen and oxygen atoms in total. The van der Waals surface area contributed by atoms with Crippen molar-refractivity contribution in [3.05, 3.63) is 265 Å². The predicted octanol–water partition coefficient (Wildman–Crippen LogP) is 19.5. The monoisotopic (exact) mass is 1720 g/mol. The summed E-state index contributed by atoms with van der Waals surface area (Å²) in [6.45, 7) is 6.21. The van der Waals surface area contributed by atoms with Gasteiger partial charge in [-0.3, -0.25) is 28.8 Å². The summed E-state index contributed by atoms with van der Waals surface area (Å²) in [6, 6.07) is 52.6. The minimum Gasteiger partial charge on any atom is -0.506 e. The smallest absolute Gasteiger partial charge is 0.315 e. The molecule has 0 aliphatic carbocycles. The highest BCUT2D eigenvalue weighted by Crippen LogP contribution is 2.40. The maximum absolute atomic E-state index is 13.6. The molecule has 12 rings (SSSR count). The lowest BCUT2D eigenvalue weighted by Gasteiger charge is -2.08. The van der Waals surface area contributed by atoms with Crippen LogP contribution >= 0.6 is 77.0 Å². The SMILES string of the molecule is CCCCc1oc2cc(OC(=O)Cc3ccccc3)ccc2c1C(=O)c1cc(Br)c(O)c(Br)c1.CCCCc1oc2cc(OC(=O)Cc3ccccc3)ccc2c1C(=O)c1cc(I)c(O)c(I)c1.CCCCc1oc2cc(OC(=O)Cc3ccccc3)ccc2c1C(=O)c1cc(N)c(O)c(N)c1. The number of phenols is 3. The third-order valence-electron chi connectivity index (χ3n) is 16.4. The number of nitrogens with two attached hydrogens (primary N) is 2. The third-order valence-corrected chi connectivity index (χ3v) is 19.3. The Hall–Kier alpha value is -9.56. The van der Waals surface area contributed by atoms with Crippen molar-refractivity contribution in [3.8, 4) is 34.5 Å². The van der Waals surface area contributed by atoms with Gasteiger partial charge in [0.2, 0.25) is 0 Å². The van der Waals surface area contributed by atoms with Gasteiger partial charge in [-0.05, 0) is 186 Å². The van der Waals surface area contributed by atoms with Crippen molar-refractivity contribution in [1.82, 2.24) is 0 Å². The summed E-state index contributed by atoms with van der Waals surface area (Å²) < 4.78 is 36.9. The number of carbonyl (C=O) groups is 6. The van der Waals surface area contributed by atoms with E-state index in [4.69, 9.17) is 38.9 Å². The zero-order valence-corrected chi connectivity index (χ0v) is 63.2. The van der Waals surface area contributed by atoms with E-state index in [9.17, 15) is 44.1 Å². The van der Waals surface area contributed by atoms with Gasteiger partial charge in [-0.2, -0.15) is 0 Å². The summed E-state index contributed by atoms with van der Waals surface area (Å²) in [4.78, 5) is 77.7. The van der Waals surface area contributed by atoms with Gasteiger partial charge in [0.05, 0.1) is 63.4 Å². The van der Waals surface area contributed by atoms with Crippen LogP contribution in [0, 0.1) is 7.14 Å². The molecule has 0 bridgehead atoms. The first-order valence-electron chi connectivity index (χ1n) is 32.9. The fraction of sp³-hybridized carbons (Fsp3) is 0.185. The highest BCUT2D eigenvalue weighted by Gasteiger charge is 2.28. The van der Waals surface area contributed by atoms with Crippen LogP contribution in [0.5, 0.6) is 34.5 Å². The Bertz CT molecular complexity index is 4520. The number of phenolic OH excluding ortho intramolecular Hbond substituents is 3. The molecule has 0 radical (unpaired) electrons. The van der Waals surface area contributed by atoms with E-state index in [0.29, 0.717) is 131 Å². The van der Waals surface area contributed by atoms with Gasteiger partial charge in [0.25, 0.3) is 0 Å². The largest absolute Gasteiger partial charge is 0.506 e. The molecule has 0 spiro atoms. The molecule has 21 heteroatoms. The van der Waals surface area contributed by atoms with Crippen LogP contribution in [0.4, 0.5) is 11.4 Å². The lowest BCUT2D eigenvalue weighted by molar-refractivity contribution is -0.134. The summed E-state index contributed by atoms with van der Waals surface area (Å²) in [6.07, 6.45) is 7.68. The van der Waals surface area contributed by atoms with Crippen LogP contribution in [0.15, 0.2) is 204 Å². The summed E-state index contributed by atoms with van der Waals surface area (Å²) in [7, 11) is 0. The molecule has 0 saturated carbocycles. The molecule has 102 heavy (non-hydrogen) atoms. The number of esters is 3. The van der Waals surface area contributed by atoms with Crippen LogP contribution in [-0.2, 0) is 52.9 Å². The molecular formula is C81H70Br2I2N2O15. The number of hydrogen-bond acceptors (Lipinski definition) is 17. The average Bonchev–Trinajstić information content (AvgIpc) is 1.62. The number of halogens is 4. The first kappa shape index (κ1) is 75.1. The number of rotatable bonds is 24. The van der Waals surface area contributed by atoms with Gasteiger partial charge in [0.15, 0.2) is 23.1 Å². The number of aromatic hydroxyl groups is 3. The van der Waals surface area contributed by atoms with Gasteiger partial charge in [-0.25, -0.2) is 0 Å². The molecule has 0 fully saturated rings. The third kappa shape index (κ3) is 18.6. The molecule has 0 aliphatic rings. The number of furan rings is 3. The highest BCUT2D eigenvalue weighted by molar-refractivity contribution is 14.1. The highest BCUT2D eigenvalue weighted by atomic mass is 127. The van der Waals surface area contributed by atoms with Crippen molar-refractivity contribution in [2.45, 2.75) is 97.8 Å². The molecule has 12 aromatic rings. The number of unbranched alkanes of at least 4 members (excludes halogenated alkanes) is 3. The summed E-state index contributed by atoms with van der Waals surface area (Å²) in [5.41, 5.74) is 18.3. The lowest BCUT2D eigenvalue weighted by atomic mass is 9.97. The van der Waals surface area contributed by atoms with Crippen molar-refractivity contribution in [3.63, 3.8) is 0 Å². The molecule has 522 valence electrons. The molecule has 9 aromatic carbocycles. The number of ether oxygens (including phenoxy) is 3. The molecule has 3 heterocycles. The van der Waals surface area contributed by atoms with Gasteiger partial charge < -0.3 is 54.2 Å². The maximum Gasteiger partial charge on any atom is 0.315 e. The molecule has 0 unspecified atom stereocenters. The number of benzene rings is 9. The Balaban J connectivity index is 0.000000165. The zero-order valence-electron chi connectivity index (χ0n) is 55.7. The van der Waals surface area contributed by atoms with Crippen LogP contribution in [0.3, 0.4) is 0 Å². The Morgan fingerprint density at radius 2 is 0.686 bits per heavy atom. The topological polar surface area (TPSA) is 282 Å². The molecule has 0 saturated heterocycles. The molecule has 0 amide bonds. The van der Waals surface area contributed by atoms with E-state index in [1.165, 1.54) is 12.1 Å². The van der Waals surface area contributed by atoms with Crippen molar-refractivity contribution < 1.29 is 71.5 Å². The predicted molar refractivity (Wildman–Crippen MR) is 416 cm³/mol. The summed E-state index contributed by atoms with van der Waals surface area (Å²) in [5, 5.41) is 31.9. The normalized spacial score (nSPS) is 11.0. The minimum absolute atomic E-state index is 0.0267. The first-order chi connectivity index (χ1) is 49.1. The standard InChI is InChI=1S/C27H22Br2O5.C27H22I2O5.C27H26N2O5/c3*1-2-3-9-22-25(26(31)17-13-20(28)27(32)21(29)14-17)19-11-10-18(15-23(19)34-22)33-24(30)12-16-7-5-4-6-8-16/h2*4-8,10-11,13-15,32H,2-3,9,12H2,1H3;4-8,10-11,13-15,32H,2-3,9,12,28-29H2,1H3. The van der Waals surface area contributed by atoms with Gasteiger partial charge in [-0.1, -0.05) is 131 Å². The van der Waals surface area contributed by atoms with Crippen LogP contribution in [0.1, 0.15) is 141 Å². The second-order valence-corrected chi connectivity index (χ2v) is 28.0. The lowest BCUT2D eigenvalue weighted by Crippen LogP contribution is -2.11. The number of fused-ring (bicyclic) bond motifs is 3. The first-order valence-corrected chi connectivity index (χ1v) is 36.6. The molecule has 0 atom stereocenters. The van der Waals surface area contributed by atoms with Crippen LogP contribution in [-0.4, -0.2) is 50.6 Å². The van der Waals surface area contributed by atoms with Crippen LogP contribution in [0.2, 0.25) is 0 Å². The average molecular weight is 1730 g/mol. The minimum atomic E-state index is -0.394. The molecule has 0 aliphatic heterocycles. The Morgan fingerprint density at radius 1 is 0.392 bits per heavy atom. The zero-order chi connectivity index (χ0) is 72.7. The second-order valence-electron chi connectivity index (χ2n) is 24.0. The molecule has 7 N–H and O–H groups in total. The van der Waals surface area contributed by atoms with E-state index in [0.717, 1.165) is 55.2 Å². The van der Waals surface area contributed by atoms with Crippen molar-refractivity contribution in [2.75, 3.05) is 11.5 Å². The van der Waals surface area contributed by atoms with E-state index < -0.39 is 5.97 Å². The van der Waals surface area contributed by atoms with Crippen LogP contribution < -0.4 is 25.7 Å². The van der Waals surface area contributed by atoms with Gasteiger partial charge in [0, 0.05) is 70.3 Å². The van der Waals surface area contributed by atoms with Crippen molar-refractivity contribution >= 4 is 157 Å². The van der Waals surface area contributed by atoms with Gasteiger partial charge in [-0.15, -0.1) is 0 Å². The fourth-order valence-electron chi connectivity index (χ4n) is 11.3. The number of anilines is 2. The summed E-state index contributed by atoms with van der Waals surface area (Å²) in [5.74, 6) is 0.957. The quantitative estimate of drug-likeness (QED) is 0.00938. The summed E-state index contributed by atoms with van der Waals surface area (Å²) >= 11 is 10.6. The van der Waals surface area contributed by atoms with Crippen molar-refractivity contribution in [2.24, 2.45) is 0 Å². The second kappa shape index (κ2) is 34.9. The van der Waals surface area contributed by atoms with Crippen LogP contribution in [0.25, 0.3) is 32.9 Å². The Morgan fingerprint density at radius 3 is 0.990 bits per heavy atom. The number of hydrogen-bond donors (Lipinski definition) is 5. The van der Waals surface area contributed by atoms with E-state index in [1.54, 1.807) is 78.9 Å². The fourth-order valence-corrected chi connectivity index (χ4v) is 14.2. The number of carbonyl (C=O) groups excluding carboxylic acids is 6. The maximum atomic E-state index is 13.6. The van der Waals surface area contributed by atoms with E-state index in [-0.39, 0.29) is 82.7 Å². The van der Waals surface area contributed by atoms with Gasteiger partial charge in [0.1, 0.15) is 62.8 Å². The number of nitrogen functional groups attached to an aromatic ring is 2. The Labute approximate surface area is 632 Å². The van der Waals surface area contributed by atoms with E-state index in [1.807, 2.05) is 136 Å². The van der Waals surface area contributed by atoms with E-state index in [2.05, 4.69) is 52.6 Å². The van der Waals surface area contributed by atoms with Crippen molar-refractivity contribution in [1.29, 1.82) is 0 Å².